The Morgan fingerprint density at radius 2 is 1.64 bits per heavy atom. The molecular weight excluding hydrogens is 550 g/mol. The molecule has 0 saturated heterocycles. The predicted molar refractivity (Wildman–Crippen MR) is 154 cm³/mol. The predicted octanol–water partition coefficient (Wildman–Crippen LogP) is 4.31. The van der Waals surface area contributed by atoms with Gasteiger partial charge in [-0.25, -0.2) is 9.97 Å². The molecule has 1 fully saturated rings. The normalized spacial score (nSPS) is 12.0. The molecule has 0 radical (unpaired) electrons. The molecule has 1 atom stereocenters. The molecule has 0 amide bonds. The van der Waals surface area contributed by atoms with Gasteiger partial charge >= 0.3 is 5.97 Å². The maximum absolute atomic E-state index is 10.0. The minimum atomic E-state index is -0.262. The Balaban J connectivity index is 0. The van der Waals surface area contributed by atoms with Crippen LogP contribution in [-0.4, -0.2) is 91.1 Å². The second-order valence-corrected chi connectivity index (χ2v) is 8.90. The van der Waals surface area contributed by atoms with Crippen molar-refractivity contribution in [3.8, 4) is 6.07 Å². The molecule has 0 spiro atoms. The van der Waals surface area contributed by atoms with E-state index >= 15 is 0 Å². The number of carbonyl (C=O) groups is 1. The number of nitriles is 1. The number of carbonyl (C=O) groups excluding carboxylic acids is 1. The van der Waals surface area contributed by atoms with E-state index in [-0.39, 0.29) is 11.9 Å². The van der Waals surface area contributed by atoms with Crippen molar-refractivity contribution in [1.82, 2.24) is 9.97 Å². The summed E-state index contributed by atoms with van der Waals surface area (Å²) in [6.07, 6.45) is 5.75. The molecule has 0 bridgehead atoms. The zero-order valence-corrected chi connectivity index (χ0v) is 26.8. The second-order valence-electron chi connectivity index (χ2n) is 8.90. The summed E-state index contributed by atoms with van der Waals surface area (Å²) in [6, 6.07) is 2.04. The zero-order valence-electron chi connectivity index (χ0n) is 26.8. The molecule has 13 heteroatoms. The SMILES string of the molecule is COCC(C)C#N.COCCOC(C)=O.COCCOCC1CC1.COCc1cnco1.COCc1oc(C)nc1C. The monoisotopic (exact) mass is 601 g/mol. The van der Waals surface area contributed by atoms with Gasteiger partial charge in [0.05, 0.1) is 50.3 Å². The van der Waals surface area contributed by atoms with Crippen LogP contribution in [0.2, 0.25) is 0 Å². The summed E-state index contributed by atoms with van der Waals surface area (Å²) >= 11 is 0. The van der Waals surface area contributed by atoms with Crippen LogP contribution in [-0.2, 0) is 51.2 Å². The number of ether oxygens (including phenoxy) is 7. The topological polar surface area (TPSA) is 158 Å². The minimum absolute atomic E-state index is 0.0324. The Bertz CT molecular complexity index is 896. The number of nitrogens with zero attached hydrogens (tertiary/aromatic N) is 3. The summed E-state index contributed by atoms with van der Waals surface area (Å²) in [7, 11) is 8.09. The third kappa shape index (κ3) is 28.7. The Hall–Kier alpha value is -2.86. The molecule has 1 aliphatic rings. The van der Waals surface area contributed by atoms with Crippen LogP contribution in [0.25, 0.3) is 0 Å². The standard InChI is InChI=1S/C7H11NO2.C7H14O2.C5H7NO2.C5H9NO.C5H10O3/c1-5-7(4-9-3)10-6(2)8-5;1-8-4-5-9-6-7-2-3-7;1-7-3-5-2-6-4-8-5;1-5(3-6)4-7-2;1-5(6)8-4-3-7-2/h4H2,1-3H3;7H,2-6H2,1H3;2,4H,3H2,1H3;5H,4H2,1-2H3;3-4H2,1-2H3. The van der Waals surface area contributed by atoms with Crippen LogP contribution in [0.3, 0.4) is 0 Å². The van der Waals surface area contributed by atoms with Gasteiger partial charge in [0.2, 0.25) is 0 Å². The fourth-order valence-electron chi connectivity index (χ4n) is 2.53. The van der Waals surface area contributed by atoms with E-state index in [2.05, 4.69) is 24.2 Å². The van der Waals surface area contributed by atoms with Gasteiger partial charge in [-0.3, -0.25) is 4.79 Å². The summed E-state index contributed by atoms with van der Waals surface area (Å²) in [5.41, 5.74) is 0.916. The molecule has 2 heterocycles. The van der Waals surface area contributed by atoms with Crippen molar-refractivity contribution in [2.24, 2.45) is 11.8 Å². The smallest absolute Gasteiger partial charge is 0.302 e. The number of esters is 1. The van der Waals surface area contributed by atoms with E-state index < -0.39 is 0 Å². The number of rotatable bonds is 14. The number of hydrogen-bond donors (Lipinski definition) is 0. The van der Waals surface area contributed by atoms with E-state index in [1.807, 2.05) is 26.8 Å². The number of hydrogen-bond acceptors (Lipinski definition) is 13. The van der Waals surface area contributed by atoms with Crippen molar-refractivity contribution in [1.29, 1.82) is 5.26 Å². The molecule has 2 aromatic heterocycles. The summed E-state index contributed by atoms with van der Waals surface area (Å²) in [4.78, 5) is 17.8. The number of aryl methyl sites for hydroxylation is 2. The summed E-state index contributed by atoms with van der Waals surface area (Å²) in [5, 5.41) is 8.14. The summed E-state index contributed by atoms with van der Waals surface area (Å²) < 4.78 is 43.6. The highest BCUT2D eigenvalue weighted by Gasteiger charge is 2.20. The Kier molecular flexibility index (Phi) is 29.1. The van der Waals surface area contributed by atoms with E-state index in [4.69, 9.17) is 33.0 Å². The van der Waals surface area contributed by atoms with Gasteiger partial charge in [-0.2, -0.15) is 5.26 Å². The quantitative estimate of drug-likeness (QED) is 0.223. The van der Waals surface area contributed by atoms with Crippen LogP contribution in [0.5, 0.6) is 0 Å². The maximum Gasteiger partial charge on any atom is 0.302 e. The molecule has 1 aliphatic carbocycles. The first kappa shape index (κ1) is 41.3. The van der Waals surface area contributed by atoms with Crippen LogP contribution < -0.4 is 0 Å². The molecular formula is C29H51N3O10. The average Bonchev–Trinajstić information content (AvgIpc) is 3.54. The van der Waals surface area contributed by atoms with E-state index in [9.17, 15) is 4.79 Å². The molecule has 242 valence electrons. The Morgan fingerprint density at radius 1 is 1.00 bits per heavy atom. The Labute approximate surface area is 250 Å². The highest BCUT2D eigenvalue weighted by Crippen LogP contribution is 2.28. The zero-order chi connectivity index (χ0) is 32.0. The lowest BCUT2D eigenvalue weighted by molar-refractivity contribution is -0.142. The number of oxazole rings is 2. The fourth-order valence-corrected chi connectivity index (χ4v) is 2.53. The lowest BCUT2D eigenvalue weighted by atomic mass is 10.2. The lowest BCUT2D eigenvalue weighted by Gasteiger charge is -1.99. The summed E-state index contributed by atoms with van der Waals surface area (Å²) in [6.45, 7) is 11.7. The Morgan fingerprint density at radius 3 is 2.05 bits per heavy atom. The van der Waals surface area contributed by atoms with Gasteiger partial charge in [0.15, 0.2) is 18.0 Å². The van der Waals surface area contributed by atoms with E-state index in [1.54, 1.807) is 41.7 Å². The van der Waals surface area contributed by atoms with Gasteiger partial charge in [-0.05, 0) is 32.6 Å². The first-order valence-electron chi connectivity index (χ1n) is 13.5. The van der Waals surface area contributed by atoms with Crippen LogP contribution in [0.15, 0.2) is 21.4 Å². The first-order valence-corrected chi connectivity index (χ1v) is 13.5. The first-order chi connectivity index (χ1) is 20.2. The number of methoxy groups -OCH3 is 5. The van der Waals surface area contributed by atoms with E-state index in [0.717, 1.165) is 43.0 Å². The largest absolute Gasteiger partial charge is 0.463 e. The molecule has 42 heavy (non-hydrogen) atoms. The third-order valence-electron chi connectivity index (χ3n) is 4.76. The van der Waals surface area contributed by atoms with E-state index in [0.29, 0.717) is 38.9 Å². The number of aromatic nitrogens is 2. The van der Waals surface area contributed by atoms with Crippen LogP contribution in [0.1, 0.15) is 49.8 Å². The molecule has 0 N–H and O–H groups in total. The summed E-state index contributed by atoms with van der Waals surface area (Å²) in [5.74, 6) is 2.92. The molecule has 0 aliphatic heterocycles. The molecule has 2 aromatic rings. The lowest BCUT2D eigenvalue weighted by Crippen LogP contribution is -2.05. The van der Waals surface area contributed by atoms with E-state index in [1.165, 1.54) is 26.2 Å². The molecule has 13 nitrogen and oxygen atoms in total. The van der Waals surface area contributed by atoms with Crippen molar-refractivity contribution in [2.45, 2.75) is 53.8 Å². The van der Waals surface area contributed by atoms with Gasteiger partial charge in [0, 0.05) is 56.0 Å². The molecule has 1 unspecified atom stereocenters. The van der Waals surface area contributed by atoms with Crippen molar-refractivity contribution in [3.05, 3.63) is 35.7 Å². The second kappa shape index (κ2) is 29.6. The highest BCUT2D eigenvalue weighted by molar-refractivity contribution is 5.65. The fraction of sp³-hybridized carbons (Fsp3) is 0.724. The van der Waals surface area contributed by atoms with Crippen molar-refractivity contribution < 1.29 is 46.8 Å². The van der Waals surface area contributed by atoms with Crippen LogP contribution in [0, 0.1) is 37.0 Å². The van der Waals surface area contributed by atoms with Gasteiger partial charge in [-0.1, -0.05) is 0 Å². The van der Waals surface area contributed by atoms with Gasteiger partial charge in [0.1, 0.15) is 25.6 Å². The van der Waals surface area contributed by atoms with Gasteiger partial charge in [-0.15, -0.1) is 0 Å². The minimum Gasteiger partial charge on any atom is -0.463 e. The van der Waals surface area contributed by atoms with Crippen molar-refractivity contribution in [3.63, 3.8) is 0 Å². The average molecular weight is 602 g/mol. The molecule has 0 aromatic carbocycles. The highest BCUT2D eigenvalue weighted by atomic mass is 16.6. The molecule has 3 rings (SSSR count). The van der Waals surface area contributed by atoms with Gasteiger partial charge in [0.25, 0.3) is 0 Å². The van der Waals surface area contributed by atoms with Crippen LogP contribution in [0.4, 0.5) is 0 Å². The van der Waals surface area contributed by atoms with Gasteiger partial charge < -0.3 is 42.0 Å². The van der Waals surface area contributed by atoms with Crippen molar-refractivity contribution in [2.75, 3.05) is 75.2 Å². The third-order valence-corrected chi connectivity index (χ3v) is 4.76. The molecule has 1 saturated carbocycles. The van der Waals surface area contributed by atoms with Crippen LogP contribution >= 0.6 is 0 Å². The van der Waals surface area contributed by atoms with Crippen molar-refractivity contribution >= 4 is 5.97 Å². The maximum atomic E-state index is 10.0.